The number of benzene rings is 2. The molecule has 132 valence electrons. The fourth-order valence-electron chi connectivity index (χ4n) is 3.06. The highest BCUT2D eigenvalue weighted by molar-refractivity contribution is 5.78. The monoisotopic (exact) mass is 344 g/mol. The Balaban J connectivity index is 1.52. The van der Waals surface area contributed by atoms with Gasteiger partial charge in [-0.1, -0.05) is 42.0 Å². The lowest BCUT2D eigenvalue weighted by Gasteiger charge is -2.35. The maximum absolute atomic E-state index is 13.8. The van der Waals surface area contributed by atoms with Crippen LogP contribution in [0, 0.1) is 18.6 Å². The van der Waals surface area contributed by atoms with Gasteiger partial charge in [0.2, 0.25) is 5.91 Å². The number of halogens is 2. The van der Waals surface area contributed by atoms with Gasteiger partial charge in [-0.3, -0.25) is 9.69 Å². The standard InChI is InChI=1S/C20H22F2N2O/c1-15-5-7-16(8-6-15)13-19(25)24-11-9-23(10-12-24)14-17-3-2-4-18(21)20(17)22/h2-8H,9-14H2,1H3. The molecule has 3 nitrogen and oxygen atoms in total. The Labute approximate surface area is 146 Å². The van der Waals surface area contributed by atoms with E-state index in [0.29, 0.717) is 44.7 Å². The molecule has 1 aliphatic rings. The van der Waals surface area contributed by atoms with Crippen LogP contribution in [0.15, 0.2) is 42.5 Å². The number of amides is 1. The fraction of sp³-hybridized carbons (Fsp3) is 0.350. The first-order valence-corrected chi connectivity index (χ1v) is 8.51. The van der Waals surface area contributed by atoms with Crippen molar-refractivity contribution in [2.75, 3.05) is 26.2 Å². The zero-order chi connectivity index (χ0) is 17.8. The highest BCUT2D eigenvalue weighted by Gasteiger charge is 2.22. The van der Waals surface area contributed by atoms with Crippen molar-refractivity contribution in [2.45, 2.75) is 19.9 Å². The molecule has 0 N–H and O–H groups in total. The first-order chi connectivity index (χ1) is 12.0. The van der Waals surface area contributed by atoms with Gasteiger partial charge < -0.3 is 4.90 Å². The first-order valence-electron chi connectivity index (χ1n) is 8.51. The van der Waals surface area contributed by atoms with Gasteiger partial charge in [0, 0.05) is 38.3 Å². The summed E-state index contributed by atoms with van der Waals surface area (Å²) in [6, 6.07) is 12.2. The van der Waals surface area contributed by atoms with E-state index in [1.807, 2.05) is 41.0 Å². The van der Waals surface area contributed by atoms with Gasteiger partial charge in [-0.05, 0) is 18.6 Å². The largest absolute Gasteiger partial charge is 0.340 e. The zero-order valence-corrected chi connectivity index (χ0v) is 14.3. The summed E-state index contributed by atoms with van der Waals surface area (Å²) in [5.41, 5.74) is 2.55. The highest BCUT2D eigenvalue weighted by atomic mass is 19.2. The van der Waals surface area contributed by atoms with Crippen LogP contribution in [0.2, 0.25) is 0 Å². The molecule has 0 bridgehead atoms. The number of hydrogen-bond donors (Lipinski definition) is 0. The highest BCUT2D eigenvalue weighted by Crippen LogP contribution is 2.15. The third kappa shape index (κ3) is 4.42. The molecule has 0 aromatic heterocycles. The van der Waals surface area contributed by atoms with Crippen molar-refractivity contribution in [1.29, 1.82) is 0 Å². The van der Waals surface area contributed by atoms with Crippen LogP contribution in [0.1, 0.15) is 16.7 Å². The molecule has 1 saturated heterocycles. The minimum absolute atomic E-state index is 0.112. The molecule has 25 heavy (non-hydrogen) atoms. The average molecular weight is 344 g/mol. The maximum atomic E-state index is 13.8. The van der Waals surface area contributed by atoms with E-state index in [2.05, 4.69) is 0 Å². The number of nitrogens with zero attached hydrogens (tertiary/aromatic N) is 2. The molecule has 0 atom stereocenters. The summed E-state index contributed by atoms with van der Waals surface area (Å²) in [6.45, 7) is 4.93. The van der Waals surface area contributed by atoms with Crippen LogP contribution < -0.4 is 0 Å². The van der Waals surface area contributed by atoms with E-state index in [-0.39, 0.29) is 5.91 Å². The summed E-state index contributed by atoms with van der Waals surface area (Å²) < 4.78 is 27.1. The van der Waals surface area contributed by atoms with Crippen molar-refractivity contribution in [1.82, 2.24) is 9.80 Å². The van der Waals surface area contributed by atoms with Crippen molar-refractivity contribution in [2.24, 2.45) is 0 Å². The van der Waals surface area contributed by atoms with Crippen LogP contribution in [-0.2, 0) is 17.8 Å². The van der Waals surface area contributed by atoms with Crippen LogP contribution in [0.3, 0.4) is 0 Å². The fourth-order valence-corrected chi connectivity index (χ4v) is 3.06. The van der Waals surface area contributed by atoms with Crippen molar-refractivity contribution in [3.63, 3.8) is 0 Å². The molecule has 3 rings (SSSR count). The van der Waals surface area contributed by atoms with Crippen molar-refractivity contribution in [3.8, 4) is 0 Å². The predicted octanol–water partition coefficient (Wildman–Crippen LogP) is 3.16. The molecule has 0 unspecified atom stereocenters. The molecular formula is C20H22F2N2O. The molecule has 1 amide bonds. The summed E-state index contributed by atoms with van der Waals surface area (Å²) >= 11 is 0. The van der Waals surface area contributed by atoms with Gasteiger partial charge in [-0.25, -0.2) is 8.78 Å². The second-order valence-corrected chi connectivity index (χ2v) is 6.53. The Hall–Kier alpha value is -2.27. The molecule has 1 heterocycles. The smallest absolute Gasteiger partial charge is 0.227 e. The quantitative estimate of drug-likeness (QED) is 0.851. The van der Waals surface area contributed by atoms with Crippen LogP contribution in [0.4, 0.5) is 8.78 Å². The second-order valence-electron chi connectivity index (χ2n) is 6.53. The van der Waals surface area contributed by atoms with E-state index < -0.39 is 11.6 Å². The summed E-state index contributed by atoms with van der Waals surface area (Å²) in [5, 5.41) is 0. The number of carbonyl (C=O) groups excluding carboxylic acids is 1. The van der Waals surface area contributed by atoms with Crippen molar-refractivity contribution >= 4 is 5.91 Å². The van der Waals surface area contributed by atoms with Gasteiger partial charge in [0.05, 0.1) is 6.42 Å². The number of carbonyl (C=O) groups is 1. The summed E-state index contributed by atoms with van der Waals surface area (Å²) in [4.78, 5) is 16.3. The Morgan fingerprint density at radius 2 is 1.68 bits per heavy atom. The molecule has 0 saturated carbocycles. The van der Waals surface area contributed by atoms with Crippen molar-refractivity contribution < 1.29 is 13.6 Å². The van der Waals surface area contributed by atoms with E-state index in [1.54, 1.807) is 6.07 Å². The molecule has 5 heteroatoms. The number of aryl methyl sites for hydroxylation is 1. The molecular weight excluding hydrogens is 322 g/mol. The van der Waals surface area contributed by atoms with Gasteiger partial charge in [-0.15, -0.1) is 0 Å². The first kappa shape index (κ1) is 17.5. The molecule has 0 spiro atoms. The molecule has 2 aromatic rings. The van der Waals surface area contributed by atoms with Crippen molar-refractivity contribution in [3.05, 3.63) is 70.8 Å². The van der Waals surface area contributed by atoms with E-state index in [1.165, 1.54) is 11.6 Å². The normalized spacial score (nSPS) is 15.4. The molecule has 1 aliphatic heterocycles. The lowest BCUT2D eigenvalue weighted by molar-refractivity contribution is -0.132. The molecule has 0 aliphatic carbocycles. The van der Waals surface area contributed by atoms with Crippen LogP contribution in [-0.4, -0.2) is 41.9 Å². The van der Waals surface area contributed by atoms with Gasteiger partial charge in [0.15, 0.2) is 11.6 Å². The van der Waals surface area contributed by atoms with Gasteiger partial charge in [0.25, 0.3) is 0 Å². The topological polar surface area (TPSA) is 23.6 Å². The van der Waals surface area contributed by atoms with Crippen LogP contribution in [0.25, 0.3) is 0 Å². The molecule has 0 radical (unpaired) electrons. The van der Waals surface area contributed by atoms with E-state index in [0.717, 1.165) is 11.6 Å². The lowest BCUT2D eigenvalue weighted by Crippen LogP contribution is -2.48. The summed E-state index contributed by atoms with van der Waals surface area (Å²) in [7, 11) is 0. The summed E-state index contributed by atoms with van der Waals surface area (Å²) in [6.07, 6.45) is 0.402. The maximum Gasteiger partial charge on any atom is 0.227 e. The average Bonchev–Trinajstić information content (AvgIpc) is 2.61. The van der Waals surface area contributed by atoms with Crippen LogP contribution in [0.5, 0.6) is 0 Å². The van der Waals surface area contributed by atoms with Gasteiger partial charge in [0.1, 0.15) is 0 Å². The lowest BCUT2D eigenvalue weighted by atomic mass is 10.1. The number of piperazine rings is 1. The van der Waals surface area contributed by atoms with E-state index in [4.69, 9.17) is 0 Å². The summed E-state index contributed by atoms with van der Waals surface area (Å²) in [5.74, 6) is -1.48. The predicted molar refractivity (Wildman–Crippen MR) is 93.1 cm³/mol. The third-order valence-corrected chi connectivity index (χ3v) is 4.63. The molecule has 1 fully saturated rings. The number of rotatable bonds is 4. The zero-order valence-electron chi connectivity index (χ0n) is 14.3. The Morgan fingerprint density at radius 1 is 1.00 bits per heavy atom. The van der Waals surface area contributed by atoms with E-state index in [9.17, 15) is 13.6 Å². The van der Waals surface area contributed by atoms with Crippen LogP contribution >= 0.6 is 0 Å². The van der Waals surface area contributed by atoms with E-state index >= 15 is 0 Å². The van der Waals surface area contributed by atoms with Gasteiger partial charge in [-0.2, -0.15) is 0 Å². The van der Waals surface area contributed by atoms with Gasteiger partial charge >= 0.3 is 0 Å². The Kier molecular flexibility index (Phi) is 5.43. The third-order valence-electron chi connectivity index (χ3n) is 4.63. The molecule has 2 aromatic carbocycles. The number of hydrogen-bond acceptors (Lipinski definition) is 2. The second kappa shape index (κ2) is 7.74. The Bertz CT molecular complexity index is 738. The SMILES string of the molecule is Cc1ccc(CC(=O)N2CCN(Cc3cccc(F)c3F)CC2)cc1. The Morgan fingerprint density at radius 3 is 2.36 bits per heavy atom. The minimum Gasteiger partial charge on any atom is -0.340 e. The minimum atomic E-state index is -0.815.